The van der Waals surface area contributed by atoms with Gasteiger partial charge in [-0.2, -0.15) is 0 Å². The second kappa shape index (κ2) is 5.02. The number of anilines is 1. The number of hydrogen-bond acceptors (Lipinski definition) is 4. The van der Waals surface area contributed by atoms with E-state index in [-0.39, 0.29) is 18.5 Å². The third kappa shape index (κ3) is 2.62. The molecule has 4 nitrogen and oxygen atoms in total. The number of nitrogens with zero attached hydrogens (tertiary/aromatic N) is 3. The quantitative estimate of drug-likeness (QED) is 0.814. The van der Waals surface area contributed by atoms with Gasteiger partial charge < -0.3 is 10.0 Å². The van der Waals surface area contributed by atoms with E-state index < -0.39 is 5.82 Å². The maximum absolute atomic E-state index is 13.7. The molecule has 0 atom stereocenters. The van der Waals surface area contributed by atoms with Gasteiger partial charge in [-0.05, 0) is 20.8 Å². The lowest BCUT2D eigenvalue weighted by Crippen LogP contribution is -2.35. The van der Waals surface area contributed by atoms with Crippen LogP contribution in [0.15, 0.2) is 6.33 Å². The van der Waals surface area contributed by atoms with E-state index in [2.05, 4.69) is 9.97 Å². The molecule has 1 heterocycles. The van der Waals surface area contributed by atoms with Crippen LogP contribution in [0.25, 0.3) is 0 Å². The Morgan fingerprint density at radius 2 is 2.13 bits per heavy atom. The number of hydrogen-bond donors (Lipinski definition) is 1. The maximum atomic E-state index is 13.7. The molecule has 0 radical (unpaired) electrons. The van der Waals surface area contributed by atoms with Crippen LogP contribution < -0.4 is 4.90 Å². The predicted molar refractivity (Wildman–Crippen MR) is 56.3 cm³/mol. The number of aryl methyl sites for hydroxylation is 1. The van der Waals surface area contributed by atoms with Gasteiger partial charge in [0, 0.05) is 12.6 Å². The summed E-state index contributed by atoms with van der Waals surface area (Å²) in [5.74, 6) is -0.161. The average Bonchev–Trinajstić information content (AvgIpc) is 2.19. The van der Waals surface area contributed by atoms with E-state index in [0.717, 1.165) is 0 Å². The summed E-state index contributed by atoms with van der Waals surface area (Å²) in [7, 11) is 0. The standard InChI is InChI=1S/C10H16FN3O/c1-7(2)14(4-5-15)10-9(11)8(3)12-6-13-10/h6-7,15H,4-5H2,1-3H3. The Kier molecular flexibility index (Phi) is 3.96. The van der Waals surface area contributed by atoms with Crippen LogP contribution in [0.2, 0.25) is 0 Å². The van der Waals surface area contributed by atoms with Gasteiger partial charge in [0.2, 0.25) is 0 Å². The van der Waals surface area contributed by atoms with Gasteiger partial charge in [-0.25, -0.2) is 14.4 Å². The van der Waals surface area contributed by atoms with Crippen molar-refractivity contribution in [2.75, 3.05) is 18.1 Å². The molecule has 0 saturated carbocycles. The van der Waals surface area contributed by atoms with Crippen molar-refractivity contribution in [2.45, 2.75) is 26.8 Å². The van der Waals surface area contributed by atoms with Gasteiger partial charge >= 0.3 is 0 Å². The van der Waals surface area contributed by atoms with Gasteiger partial charge in [0.15, 0.2) is 11.6 Å². The Morgan fingerprint density at radius 3 is 2.67 bits per heavy atom. The summed E-state index contributed by atoms with van der Waals surface area (Å²) in [4.78, 5) is 9.39. The fourth-order valence-corrected chi connectivity index (χ4v) is 1.36. The summed E-state index contributed by atoms with van der Waals surface area (Å²) >= 11 is 0. The van der Waals surface area contributed by atoms with Crippen molar-refractivity contribution in [3.05, 3.63) is 17.8 Å². The summed E-state index contributed by atoms with van der Waals surface area (Å²) in [6.45, 7) is 5.78. The van der Waals surface area contributed by atoms with Crippen molar-refractivity contribution in [3.8, 4) is 0 Å². The largest absolute Gasteiger partial charge is 0.395 e. The topological polar surface area (TPSA) is 49.2 Å². The van der Waals surface area contributed by atoms with E-state index in [1.807, 2.05) is 13.8 Å². The van der Waals surface area contributed by atoms with Crippen molar-refractivity contribution < 1.29 is 9.50 Å². The molecule has 0 bridgehead atoms. The molecule has 15 heavy (non-hydrogen) atoms. The highest BCUT2D eigenvalue weighted by molar-refractivity contribution is 5.41. The van der Waals surface area contributed by atoms with Gasteiger partial charge in [-0.15, -0.1) is 0 Å². The lowest BCUT2D eigenvalue weighted by Gasteiger charge is -2.27. The minimum atomic E-state index is -0.417. The fraction of sp³-hybridized carbons (Fsp3) is 0.600. The minimum Gasteiger partial charge on any atom is -0.395 e. The molecule has 0 aliphatic heterocycles. The third-order valence-corrected chi connectivity index (χ3v) is 2.18. The Hall–Kier alpha value is -1.23. The molecule has 1 rings (SSSR count). The molecule has 84 valence electrons. The van der Waals surface area contributed by atoms with E-state index in [1.165, 1.54) is 6.33 Å². The zero-order chi connectivity index (χ0) is 11.4. The second-order valence-corrected chi connectivity index (χ2v) is 3.61. The molecule has 1 aromatic rings. The van der Waals surface area contributed by atoms with E-state index in [1.54, 1.807) is 11.8 Å². The van der Waals surface area contributed by atoms with Crippen molar-refractivity contribution in [1.29, 1.82) is 0 Å². The van der Waals surface area contributed by atoms with E-state index in [9.17, 15) is 4.39 Å². The number of aliphatic hydroxyl groups is 1. The molecule has 0 spiro atoms. The monoisotopic (exact) mass is 213 g/mol. The molecule has 0 amide bonds. The zero-order valence-electron chi connectivity index (χ0n) is 9.24. The summed E-state index contributed by atoms with van der Waals surface area (Å²) in [6.07, 6.45) is 1.33. The van der Waals surface area contributed by atoms with Crippen molar-refractivity contribution in [1.82, 2.24) is 9.97 Å². The van der Waals surface area contributed by atoms with Gasteiger partial charge in [0.05, 0.1) is 12.3 Å². The first kappa shape index (κ1) is 11.8. The lowest BCUT2D eigenvalue weighted by molar-refractivity contribution is 0.298. The number of rotatable bonds is 4. The molecule has 0 aliphatic rings. The highest BCUT2D eigenvalue weighted by Crippen LogP contribution is 2.18. The Labute approximate surface area is 88.8 Å². The molecular formula is C10H16FN3O. The Morgan fingerprint density at radius 1 is 1.47 bits per heavy atom. The first-order valence-corrected chi connectivity index (χ1v) is 4.92. The van der Waals surface area contributed by atoms with E-state index in [4.69, 9.17) is 5.11 Å². The first-order chi connectivity index (χ1) is 7.07. The smallest absolute Gasteiger partial charge is 0.186 e. The highest BCUT2D eigenvalue weighted by Gasteiger charge is 2.17. The molecule has 0 saturated heterocycles. The third-order valence-electron chi connectivity index (χ3n) is 2.18. The number of halogens is 1. The highest BCUT2D eigenvalue weighted by atomic mass is 19.1. The second-order valence-electron chi connectivity index (χ2n) is 3.61. The van der Waals surface area contributed by atoms with Gasteiger partial charge in [-0.3, -0.25) is 0 Å². The normalized spacial score (nSPS) is 10.8. The van der Waals surface area contributed by atoms with Crippen LogP contribution in [0.3, 0.4) is 0 Å². The van der Waals surface area contributed by atoms with Crippen LogP contribution in [-0.4, -0.2) is 34.3 Å². The number of aliphatic hydroxyl groups excluding tert-OH is 1. The van der Waals surface area contributed by atoms with Crippen LogP contribution in [0.4, 0.5) is 10.2 Å². The van der Waals surface area contributed by atoms with E-state index in [0.29, 0.717) is 12.2 Å². The predicted octanol–water partition coefficient (Wildman–Crippen LogP) is 1.13. The lowest BCUT2D eigenvalue weighted by atomic mass is 10.3. The molecular weight excluding hydrogens is 197 g/mol. The molecule has 0 unspecified atom stereocenters. The summed E-state index contributed by atoms with van der Waals surface area (Å²) in [5, 5.41) is 8.90. The molecule has 0 aromatic carbocycles. The van der Waals surface area contributed by atoms with Crippen molar-refractivity contribution in [2.24, 2.45) is 0 Å². The zero-order valence-corrected chi connectivity index (χ0v) is 9.24. The van der Waals surface area contributed by atoms with Crippen LogP contribution in [-0.2, 0) is 0 Å². The maximum Gasteiger partial charge on any atom is 0.186 e. The van der Waals surface area contributed by atoms with Crippen LogP contribution >= 0.6 is 0 Å². The molecule has 0 aliphatic carbocycles. The average molecular weight is 213 g/mol. The molecule has 0 fully saturated rings. The number of aromatic nitrogens is 2. The Balaban J connectivity index is 3.05. The SMILES string of the molecule is Cc1ncnc(N(CCO)C(C)C)c1F. The van der Waals surface area contributed by atoms with Gasteiger partial charge in [0.1, 0.15) is 6.33 Å². The van der Waals surface area contributed by atoms with Crippen molar-refractivity contribution >= 4 is 5.82 Å². The van der Waals surface area contributed by atoms with Crippen LogP contribution in [0, 0.1) is 12.7 Å². The van der Waals surface area contributed by atoms with Gasteiger partial charge in [0.25, 0.3) is 0 Å². The van der Waals surface area contributed by atoms with E-state index >= 15 is 0 Å². The molecule has 5 heteroatoms. The van der Waals surface area contributed by atoms with Crippen molar-refractivity contribution in [3.63, 3.8) is 0 Å². The van der Waals surface area contributed by atoms with Crippen LogP contribution in [0.5, 0.6) is 0 Å². The minimum absolute atomic E-state index is 0.0271. The van der Waals surface area contributed by atoms with Gasteiger partial charge in [-0.1, -0.05) is 0 Å². The molecule has 1 aromatic heterocycles. The first-order valence-electron chi connectivity index (χ1n) is 4.92. The van der Waals surface area contributed by atoms with Crippen LogP contribution in [0.1, 0.15) is 19.5 Å². The molecule has 1 N–H and O–H groups in total. The fourth-order valence-electron chi connectivity index (χ4n) is 1.36. The summed E-state index contributed by atoms with van der Waals surface area (Å²) < 4.78 is 13.7. The summed E-state index contributed by atoms with van der Waals surface area (Å²) in [5.41, 5.74) is 0.323. The Bertz CT molecular complexity index is 330. The summed E-state index contributed by atoms with van der Waals surface area (Å²) in [6, 6.07) is 0.0842.